The normalized spacial score (nSPS) is 12.4. The van der Waals surface area contributed by atoms with Crippen molar-refractivity contribution in [2.75, 3.05) is 26.3 Å². The number of phenolic OH excluding ortho intramolecular Hbond substituents is 1. The largest absolute Gasteiger partial charge is 0.504 e. The van der Waals surface area contributed by atoms with Crippen LogP contribution in [0.3, 0.4) is 0 Å². The molecule has 0 radical (unpaired) electrons. The third kappa shape index (κ3) is 4.48. The summed E-state index contributed by atoms with van der Waals surface area (Å²) < 4.78 is 5.30. The number of nitrogens with one attached hydrogen (secondary N) is 1. The molecule has 0 aromatic heterocycles. The summed E-state index contributed by atoms with van der Waals surface area (Å²) in [5.41, 5.74) is 0. The number of benzene rings is 1. The number of hydrogen-bond acceptors (Lipinski definition) is 5. The number of phenols is 1. The lowest BCUT2D eigenvalue weighted by molar-refractivity contribution is 0.0936. The van der Waals surface area contributed by atoms with E-state index in [0.717, 1.165) is 0 Å². The fraction of sp³-hybridized carbons (Fsp3) is 0.455. The number of ether oxygens (including phenoxy) is 1. The Morgan fingerprint density at radius 2 is 2.06 bits per heavy atom. The molecular weight excluding hydrogens is 210 g/mol. The number of aliphatic hydroxyl groups is 2. The molecule has 0 fully saturated rings. The highest BCUT2D eigenvalue weighted by Gasteiger charge is 2.01. The third-order valence-corrected chi connectivity index (χ3v) is 1.99. The summed E-state index contributed by atoms with van der Waals surface area (Å²) in [5.74, 6) is 0.546. The minimum atomic E-state index is -0.745. The Morgan fingerprint density at radius 3 is 2.75 bits per heavy atom. The second kappa shape index (κ2) is 7.05. The van der Waals surface area contributed by atoms with Gasteiger partial charge in [-0.1, -0.05) is 12.1 Å². The fourth-order valence-electron chi connectivity index (χ4n) is 1.15. The Morgan fingerprint density at radius 1 is 1.31 bits per heavy atom. The lowest BCUT2D eigenvalue weighted by Gasteiger charge is -2.10. The SMILES string of the molecule is OCC(O)CNCCOc1ccccc1O. The van der Waals surface area contributed by atoms with Crippen LogP contribution in [0.25, 0.3) is 0 Å². The smallest absolute Gasteiger partial charge is 0.160 e. The Labute approximate surface area is 94.3 Å². The third-order valence-electron chi connectivity index (χ3n) is 1.99. The van der Waals surface area contributed by atoms with E-state index >= 15 is 0 Å². The van der Waals surface area contributed by atoms with Gasteiger partial charge in [0, 0.05) is 13.1 Å². The summed E-state index contributed by atoms with van der Waals surface area (Å²) in [6.07, 6.45) is -0.745. The maximum absolute atomic E-state index is 9.37. The predicted molar refractivity (Wildman–Crippen MR) is 59.6 cm³/mol. The summed E-state index contributed by atoms with van der Waals surface area (Å²) in [7, 11) is 0. The molecule has 0 saturated heterocycles. The molecule has 0 heterocycles. The van der Waals surface area contributed by atoms with Crippen molar-refractivity contribution in [3.63, 3.8) is 0 Å². The van der Waals surface area contributed by atoms with Gasteiger partial charge in [-0.05, 0) is 12.1 Å². The number of para-hydroxylation sites is 2. The zero-order chi connectivity index (χ0) is 11.8. The quantitative estimate of drug-likeness (QED) is 0.481. The first-order chi connectivity index (χ1) is 7.74. The fourth-order valence-corrected chi connectivity index (χ4v) is 1.15. The van der Waals surface area contributed by atoms with Gasteiger partial charge in [-0.3, -0.25) is 0 Å². The van der Waals surface area contributed by atoms with E-state index in [1.807, 2.05) is 0 Å². The van der Waals surface area contributed by atoms with Crippen molar-refractivity contribution in [1.82, 2.24) is 5.32 Å². The van der Waals surface area contributed by atoms with Gasteiger partial charge >= 0.3 is 0 Å². The second-order valence-electron chi connectivity index (χ2n) is 3.36. The maximum atomic E-state index is 9.37. The summed E-state index contributed by atoms with van der Waals surface area (Å²) in [5, 5.41) is 29.9. The average Bonchev–Trinajstić information content (AvgIpc) is 2.30. The van der Waals surface area contributed by atoms with E-state index in [0.29, 0.717) is 25.4 Å². The predicted octanol–water partition coefficient (Wildman–Crippen LogP) is -0.286. The molecule has 0 bridgehead atoms. The highest BCUT2D eigenvalue weighted by atomic mass is 16.5. The molecule has 4 N–H and O–H groups in total. The Hall–Kier alpha value is -1.30. The topological polar surface area (TPSA) is 82.0 Å². The summed E-state index contributed by atoms with van der Waals surface area (Å²) in [6, 6.07) is 6.73. The molecular formula is C11H17NO4. The van der Waals surface area contributed by atoms with E-state index in [1.54, 1.807) is 24.3 Å². The van der Waals surface area contributed by atoms with Gasteiger partial charge in [0.05, 0.1) is 12.7 Å². The van der Waals surface area contributed by atoms with Gasteiger partial charge in [-0.15, -0.1) is 0 Å². The van der Waals surface area contributed by atoms with Gasteiger partial charge in [0.25, 0.3) is 0 Å². The molecule has 0 saturated carbocycles. The average molecular weight is 227 g/mol. The van der Waals surface area contributed by atoms with Crippen molar-refractivity contribution in [1.29, 1.82) is 0 Å². The zero-order valence-electron chi connectivity index (χ0n) is 8.97. The summed E-state index contributed by atoms with van der Waals surface area (Å²) >= 11 is 0. The Kier molecular flexibility index (Phi) is 5.63. The lowest BCUT2D eigenvalue weighted by Crippen LogP contribution is -2.32. The van der Waals surface area contributed by atoms with Gasteiger partial charge in [0.15, 0.2) is 11.5 Å². The van der Waals surface area contributed by atoms with Gasteiger partial charge in [0.1, 0.15) is 6.61 Å². The molecule has 0 aliphatic heterocycles. The Balaban J connectivity index is 2.14. The highest BCUT2D eigenvalue weighted by molar-refractivity contribution is 5.37. The van der Waals surface area contributed by atoms with Crippen LogP contribution in [0, 0.1) is 0 Å². The van der Waals surface area contributed by atoms with Crippen LogP contribution >= 0.6 is 0 Å². The lowest BCUT2D eigenvalue weighted by atomic mass is 10.3. The summed E-state index contributed by atoms with van der Waals surface area (Å²) in [4.78, 5) is 0. The Bertz CT molecular complexity index is 306. The van der Waals surface area contributed by atoms with Crippen molar-refractivity contribution in [2.45, 2.75) is 6.10 Å². The molecule has 16 heavy (non-hydrogen) atoms. The number of rotatable bonds is 7. The van der Waals surface area contributed by atoms with Crippen LogP contribution in [0.1, 0.15) is 0 Å². The van der Waals surface area contributed by atoms with Crippen LogP contribution in [0.5, 0.6) is 11.5 Å². The van der Waals surface area contributed by atoms with Crippen LogP contribution in [0.2, 0.25) is 0 Å². The molecule has 1 aromatic carbocycles. The van der Waals surface area contributed by atoms with E-state index in [2.05, 4.69) is 5.32 Å². The molecule has 1 unspecified atom stereocenters. The van der Waals surface area contributed by atoms with E-state index < -0.39 is 6.10 Å². The number of aliphatic hydroxyl groups excluding tert-OH is 2. The first-order valence-electron chi connectivity index (χ1n) is 5.14. The minimum Gasteiger partial charge on any atom is -0.504 e. The van der Waals surface area contributed by atoms with Gasteiger partial charge in [-0.2, -0.15) is 0 Å². The van der Waals surface area contributed by atoms with Crippen molar-refractivity contribution >= 4 is 0 Å². The van der Waals surface area contributed by atoms with Crippen molar-refractivity contribution in [3.8, 4) is 11.5 Å². The number of hydrogen-bond donors (Lipinski definition) is 4. The first kappa shape index (κ1) is 12.8. The highest BCUT2D eigenvalue weighted by Crippen LogP contribution is 2.23. The van der Waals surface area contributed by atoms with Crippen molar-refractivity contribution in [2.24, 2.45) is 0 Å². The van der Waals surface area contributed by atoms with Gasteiger partial charge in [-0.25, -0.2) is 0 Å². The first-order valence-corrected chi connectivity index (χ1v) is 5.14. The molecule has 0 spiro atoms. The molecule has 1 aromatic rings. The van der Waals surface area contributed by atoms with E-state index in [-0.39, 0.29) is 12.4 Å². The molecule has 5 heteroatoms. The van der Waals surface area contributed by atoms with Crippen LogP contribution in [-0.4, -0.2) is 47.7 Å². The van der Waals surface area contributed by atoms with E-state index in [1.165, 1.54) is 0 Å². The number of aromatic hydroxyl groups is 1. The van der Waals surface area contributed by atoms with Gasteiger partial charge < -0.3 is 25.4 Å². The summed E-state index contributed by atoms with van der Waals surface area (Å²) in [6.45, 7) is 0.981. The van der Waals surface area contributed by atoms with E-state index in [4.69, 9.17) is 14.9 Å². The second-order valence-corrected chi connectivity index (χ2v) is 3.36. The maximum Gasteiger partial charge on any atom is 0.160 e. The molecule has 90 valence electrons. The molecule has 0 amide bonds. The van der Waals surface area contributed by atoms with Crippen LogP contribution in [0.15, 0.2) is 24.3 Å². The van der Waals surface area contributed by atoms with Crippen LogP contribution < -0.4 is 10.1 Å². The molecule has 1 atom stereocenters. The van der Waals surface area contributed by atoms with Crippen molar-refractivity contribution < 1.29 is 20.1 Å². The molecule has 5 nitrogen and oxygen atoms in total. The monoisotopic (exact) mass is 227 g/mol. The zero-order valence-corrected chi connectivity index (χ0v) is 8.97. The molecule has 0 aliphatic carbocycles. The van der Waals surface area contributed by atoms with Crippen LogP contribution in [-0.2, 0) is 0 Å². The standard InChI is InChI=1S/C11H17NO4/c13-8-9(14)7-12-5-6-16-11-4-2-1-3-10(11)15/h1-4,9,12-15H,5-8H2. The van der Waals surface area contributed by atoms with Crippen LogP contribution in [0.4, 0.5) is 0 Å². The van der Waals surface area contributed by atoms with Gasteiger partial charge in [0.2, 0.25) is 0 Å². The van der Waals surface area contributed by atoms with E-state index in [9.17, 15) is 5.11 Å². The minimum absolute atomic E-state index is 0.109. The molecule has 0 aliphatic rings. The molecule has 1 rings (SSSR count). The van der Waals surface area contributed by atoms with Crippen molar-refractivity contribution in [3.05, 3.63) is 24.3 Å².